The summed E-state index contributed by atoms with van der Waals surface area (Å²) in [5, 5.41) is 9.62. The number of rotatable bonds is 1. The molecule has 0 spiro atoms. The van der Waals surface area contributed by atoms with Gasteiger partial charge < -0.3 is 4.90 Å². The van der Waals surface area contributed by atoms with Gasteiger partial charge in [0.15, 0.2) is 0 Å². The standard InChI is InChI=1S/C13H12BrClN2O/c14-12-5-4-9(15)7-11(12)13(18)17-6-2-1-3-10(17)8-16/h4-5,7,10H,1-3,6H2. The fourth-order valence-electron chi connectivity index (χ4n) is 2.12. The highest BCUT2D eigenvalue weighted by molar-refractivity contribution is 9.10. The molecule has 3 nitrogen and oxygen atoms in total. The molecule has 0 aliphatic carbocycles. The van der Waals surface area contributed by atoms with Gasteiger partial charge in [0.1, 0.15) is 6.04 Å². The first-order valence-electron chi connectivity index (χ1n) is 5.79. The van der Waals surface area contributed by atoms with Crippen LogP contribution in [0.4, 0.5) is 0 Å². The lowest BCUT2D eigenvalue weighted by Crippen LogP contribution is -2.43. The fourth-order valence-corrected chi connectivity index (χ4v) is 2.71. The highest BCUT2D eigenvalue weighted by Gasteiger charge is 2.28. The van der Waals surface area contributed by atoms with Crippen molar-refractivity contribution in [2.24, 2.45) is 0 Å². The van der Waals surface area contributed by atoms with Gasteiger partial charge in [-0.2, -0.15) is 5.26 Å². The van der Waals surface area contributed by atoms with Crippen LogP contribution in [0.5, 0.6) is 0 Å². The van der Waals surface area contributed by atoms with E-state index in [1.807, 2.05) is 0 Å². The average Bonchev–Trinajstić information content (AvgIpc) is 2.40. The number of piperidine rings is 1. The minimum absolute atomic E-state index is 0.129. The molecule has 2 rings (SSSR count). The number of benzene rings is 1. The molecule has 0 radical (unpaired) electrons. The van der Waals surface area contributed by atoms with Crippen molar-refractivity contribution in [2.75, 3.05) is 6.54 Å². The second-order valence-electron chi connectivity index (χ2n) is 4.26. The Kier molecular flexibility index (Phi) is 4.26. The zero-order chi connectivity index (χ0) is 13.1. The van der Waals surface area contributed by atoms with Gasteiger partial charge in [0.25, 0.3) is 5.91 Å². The van der Waals surface area contributed by atoms with Crippen LogP contribution in [-0.4, -0.2) is 23.4 Å². The predicted molar refractivity (Wildman–Crippen MR) is 73.4 cm³/mol. The molecule has 94 valence electrons. The van der Waals surface area contributed by atoms with Gasteiger partial charge in [-0.05, 0) is 53.4 Å². The van der Waals surface area contributed by atoms with Gasteiger partial charge in [0, 0.05) is 16.0 Å². The number of nitrogens with zero attached hydrogens (tertiary/aromatic N) is 2. The van der Waals surface area contributed by atoms with Gasteiger partial charge in [0.2, 0.25) is 0 Å². The summed E-state index contributed by atoms with van der Waals surface area (Å²) < 4.78 is 0.708. The van der Waals surface area contributed by atoms with Crippen molar-refractivity contribution in [3.05, 3.63) is 33.3 Å². The Morgan fingerprint density at radius 2 is 2.28 bits per heavy atom. The smallest absolute Gasteiger partial charge is 0.256 e. The molecule has 0 aromatic heterocycles. The topological polar surface area (TPSA) is 44.1 Å². The lowest BCUT2D eigenvalue weighted by Gasteiger charge is -2.31. The van der Waals surface area contributed by atoms with Crippen LogP contribution >= 0.6 is 27.5 Å². The van der Waals surface area contributed by atoms with E-state index < -0.39 is 0 Å². The van der Waals surface area contributed by atoms with Crippen molar-refractivity contribution < 1.29 is 4.79 Å². The van der Waals surface area contributed by atoms with Crippen LogP contribution in [0.1, 0.15) is 29.6 Å². The number of nitriles is 1. The summed E-state index contributed by atoms with van der Waals surface area (Å²) in [7, 11) is 0. The van der Waals surface area contributed by atoms with Crippen molar-refractivity contribution >= 4 is 33.4 Å². The number of amides is 1. The van der Waals surface area contributed by atoms with Gasteiger partial charge in [-0.1, -0.05) is 11.6 Å². The maximum absolute atomic E-state index is 12.4. The fraction of sp³-hybridized carbons (Fsp3) is 0.385. The zero-order valence-electron chi connectivity index (χ0n) is 9.70. The number of likely N-dealkylation sites (tertiary alicyclic amines) is 1. The number of carbonyl (C=O) groups excluding carboxylic acids is 1. The normalized spacial score (nSPS) is 19.4. The Morgan fingerprint density at radius 3 is 3.00 bits per heavy atom. The lowest BCUT2D eigenvalue weighted by atomic mass is 10.0. The van der Waals surface area contributed by atoms with Crippen LogP contribution in [0.15, 0.2) is 22.7 Å². The molecule has 1 aromatic rings. The van der Waals surface area contributed by atoms with Gasteiger partial charge in [-0.15, -0.1) is 0 Å². The molecule has 5 heteroatoms. The number of hydrogen-bond acceptors (Lipinski definition) is 2. The quantitative estimate of drug-likeness (QED) is 0.790. The summed E-state index contributed by atoms with van der Waals surface area (Å²) in [6.45, 7) is 0.635. The lowest BCUT2D eigenvalue weighted by molar-refractivity contribution is 0.0669. The maximum atomic E-state index is 12.4. The molecular weight excluding hydrogens is 316 g/mol. The summed E-state index contributed by atoms with van der Waals surface area (Å²) in [6, 6.07) is 6.98. The molecule has 0 saturated carbocycles. The molecule has 18 heavy (non-hydrogen) atoms. The molecule has 1 amide bonds. The molecule has 1 saturated heterocycles. The van der Waals surface area contributed by atoms with E-state index in [4.69, 9.17) is 16.9 Å². The highest BCUT2D eigenvalue weighted by atomic mass is 79.9. The van der Waals surface area contributed by atoms with Crippen LogP contribution in [0, 0.1) is 11.3 Å². The third kappa shape index (κ3) is 2.68. The molecular formula is C13H12BrClN2O. The molecule has 1 aliphatic rings. The van der Waals surface area contributed by atoms with Crippen molar-refractivity contribution in [3.63, 3.8) is 0 Å². The molecule has 1 unspecified atom stereocenters. The second-order valence-corrected chi connectivity index (χ2v) is 5.55. The van der Waals surface area contributed by atoms with E-state index in [-0.39, 0.29) is 11.9 Å². The van der Waals surface area contributed by atoms with E-state index in [1.165, 1.54) is 0 Å². The Labute approximate surface area is 119 Å². The van der Waals surface area contributed by atoms with E-state index in [0.717, 1.165) is 19.3 Å². The summed E-state index contributed by atoms with van der Waals surface area (Å²) >= 11 is 9.26. The minimum Gasteiger partial charge on any atom is -0.323 e. The first-order chi connectivity index (χ1) is 8.63. The van der Waals surface area contributed by atoms with Crippen LogP contribution < -0.4 is 0 Å². The van der Waals surface area contributed by atoms with Crippen molar-refractivity contribution in [3.8, 4) is 6.07 Å². The molecule has 1 fully saturated rings. The molecule has 1 atom stereocenters. The molecule has 0 N–H and O–H groups in total. The van der Waals surface area contributed by atoms with Crippen molar-refractivity contribution in [1.29, 1.82) is 5.26 Å². The molecule has 0 bridgehead atoms. The Bertz CT molecular complexity index is 512. The summed E-state index contributed by atoms with van der Waals surface area (Å²) in [5.41, 5.74) is 0.518. The maximum Gasteiger partial charge on any atom is 0.256 e. The second kappa shape index (κ2) is 5.73. The summed E-state index contributed by atoms with van der Waals surface area (Å²) in [5.74, 6) is -0.129. The van der Waals surface area contributed by atoms with E-state index in [9.17, 15) is 4.79 Å². The van der Waals surface area contributed by atoms with Gasteiger partial charge in [-0.25, -0.2) is 0 Å². The summed E-state index contributed by atoms with van der Waals surface area (Å²) in [4.78, 5) is 14.1. The van der Waals surface area contributed by atoms with E-state index >= 15 is 0 Å². The molecule has 1 aromatic carbocycles. The van der Waals surface area contributed by atoms with Crippen molar-refractivity contribution in [2.45, 2.75) is 25.3 Å². The largest absolute Gasteiger partial charge is 0.323 e. The first-order valence-corrected chi connectivity index (χ1v) is 6.96. The number of hydrogen-bond donors (Lipinski definition) is 0. The Morgan fingerprint density at radius 1 is 1.50 bits per heavy atom. The highest BCUT2D eigenvalue weighted by Crippen LogP contribution is 2.25. The van der Waals surface area contributed by atoms with Crippen molar-refractivity contribution in [1.82, 2.24) is 4.90 Å². The molecule has 1 aliphatic heterocycles. The van der Waals surface area contributed by atoms with Gasteiger partial charge in [0.05, 0.1) is 11.6 Å². The zero-order valence-corrected chi connectivity index (χ0v) is 12.0. The summed E-state index contributed by atoms with van der Waals surface area (Å²) in [6.07, 6.45) is 2.70. The van der Waals surface area contributed by atoms with Crippen LogP contribution in [-0.2, 0) is 0 Å². The predicted octanol–water partition coefficient (Wildman–Crippen LogP) is 3.62. The van der Waals surface area contributed by atoms with Crippen LogP contribution in [0.25, 0.3) is 0 Å². The van der Waals surface area contributed by atoms with Crippen LogP contribution in [0.2, 0.25) is 5.02 Å². The third-order valence-corrected chi connectivity index (χ3v) is 4.00. The molecule has 1 heterocycles. The Balaban J connectivity index is 2.30. The SMILES string of the molecule is N#CC1CCCCN1C(=O)c1cc(Cl)ccc1Br. The first kappa shape index (κ1) is 13.4. The number of carbonyl (C=O) groups is 1. The van der Waals surface area contributed by atoms with E-state index in [0.29, 0.717) is 21.6 Å². The average molecular weight is 328 g/mol. The Hall–Kier alpha value is -1.05. The third-order valence-electron chi connectivity index (χ3n) is 3.07. The monoisotopic (exact) mass is 326 g/mol. The van der Waals surface area contributed by atoms with Gasteiger partial charge >= 0.3 is 0 Å². The number of halogens is 2. The van der Waals surface area contributed by atoms with Gasteiger partial charge in [-0.3, -0.25) is 4.79 Å². The van der Waals surface area contributed by atoms with E-state index in [1.54, 1.807) is 23.1 Å². The minimum atomic E-state index is -0.322. The van der Waals surface area contributed by atoms with E-state index in [2.05, 4.69) is 22.0 Å². The van der Waals surface area contributed by atoms with Crippen LogP contribution in [0.3, 0.4) is 0 Å².